The molecule has 0 radical (unpaired) electrons. The molecular formula is C26H37IN2O7. The average Bonchev–Trinajstić information content (AvgIpc) is 3.39. The van der Waals surface area contributed by atoms with Gasteiger partial charge >= 0.3 is 0 Å². The van der Waals surface area contributed by atoms with Crippen molar-refractivity contribution in [2.45, 2.75) is 76.9 Å². The number of benzene rings is 1. The smallest absolute Gasteiger partial charge is 0.247 e. The Hall–Kier alpha value is -1.89. The first-order valence-corrected chi connectivity index (χ1v) is 13.5. The third kappa shape index (κ3) is 6.51. The number of hydrogen-bond acceptors (Lipinski definition) is 7. The molecule has 0 heterocycles. The minimum absolute atomic E-state index is 0.00133. The second kappa shape index (κ2) is 13.1. The van der Waals surface area contributed by atoms with Crippen LogP contribution in [0.5, 0.6) is 11.5 Å². The summed E-state index contributed by atoms with van der Waals surface area (Å²) in [7, 11) is 1.49. The van der Waals surface area contributed by atoms with Gasteiger partial charge in [0.1, 0.15) is 12.2 Å². The Kier molecular flexibility index (Phi) is 10.4. The number of ether oxygens (including phenoxy) is 2. The lowest BCUT2D eigenvalue weighted by Crippen LogP contribution is -2.58. The molecule has 1 aromatic carbocycles. The molecule has 2 amide bonds. The molecule has 1 aromatic rings. The molecule has 4 N–H and O–H groups in total. The molecule has 9 nitrogen and oxygen atoms in total. The van der Waals surface area contributed by atoms with Crippen molar-refractivity contribution in [1.29, 1.82) is 0 Å². The molecule has 3 atom stereocenters. The van der Waals surface area contributed by atoms with Crippen LogP contribution < -0.4 is 14.8 Å². The van der Waals surface area contributed by atoms with Crippen LogP contribution in [0.15, 0.2) is 23.8 Å². The van der Waals surface area contributed by atoms with Gasteiger partial charge in [-0.25, -0.2) is 0 Å². The topological polar surface area (TPSA) is 129 Å². The summed E-state index contributed by atoms with van der Waals surface area (Å²) in [5, 5.41) is 33.0. The van der Waals surface area contributed by atoms with Gasteiger partial charge in [-0.2, -0.15) is 0 Å². The van der Waals surface area contributed by atoms with Crippen LogP contribution in [0.1, 0.15) is 51.5 Å². The van der Waals surface area contributed by atoms with Crippen molar-refractivity contribution >= 4 is 34.4 Å². The molecule has 0 bridgehead atoms. The summed E-state index contributed by atoms with van der Waals surface area (Å²) in [5.41, 5.74) is 1.05. The van der Waals surface area contributed by atoms with Crippen LogP contribution in [0.2, 0.25) is 0 Å². The van der Waals surface area contributed by atoms with Crippen LogP contribution in [0.4, 0.5) is 0 Å². The standard InChI is InChI=1S/C26H37IN2O7/c1-15(2)26(34)29(18-6-4-5-7-18)20-12-17(25(33)28-8-9-30)13-21(23(20)32)36-24-19(27)10-16(14-31)11-22(24)35-3/h10-11,13,15,18,20-21,23,30-32H,4-9,12,14H2,1-3H3,(H,28,33)/t20-,21+,23+/m1/s1. The predicted molar refractivity (Wildman–Crippen MR) is 143 cm³/mol. The number of nitrogens with zero attached hydrogens (tertiary/aromatic N) is 1. The maximum atomic E-state index is 13.4. The molecule has 0 saturated heterocycles. The molecule has 0 aromatic heterocycles. The summed E-state index contributed by atoms with van der Waals surface area (Å²) in [4.78, 5) is 28.1. The number of rotatable bonds is 10. The Morgan fingerprint density at radius 3 is 2.50 bits per heavy atom. The van der Waals surface area contributed by atoms with Crippen molar-refractivity contribution < 1.29 is 34.4 Å². The van der Waals surface area contributed by atoms with Crippen LogP contribution >= 0.6 is 22.6 Å². The largest absolute Gasteiger partial charge is 0.493 e. The first-order chi connectivity index (χ1) is 17.2. The van der Waals surface area contributed by atoms with E-state index in [4.69, 9.17) is 14.6 Å². The number of halogens is 1. The summed E-state index contributed by atoms with van der Waals surface area (Å²) >= 11 is 2.08. The second-order valence-corrected chi connectivity index (χ2v) is 10.8. The summed E-state index contributed by atoms with van der Waals surface area (Å²) < 4.78 is 12.4. The summed E-state index contributed by atoms with van der Waals surface area (Å²) in [6.07, 6.45) is 3.52. The van der Waals surface area contributed by atoms with Crippen LogP contribution in [0.25, 0.3) is 0 Å². The molecule has 3 rings (SSSR count). The van der Waals surface area contributed by atoms with E-state index in [1.807, 2.05) is 13.8 Å². The van der Waals surface area contributed by atoms with Gasteiger partial charge in [0.05, 0.1) is 29.9 Å². The number of nitrogens with one attached hydrogen (secondary N) is 1. The van der Waals surface area contributed by atoms with Gasteiger partial charge in [0, 0.05) is 30.5 Å². The molecule has 1 fully saturated rings. The highest BCUT2D eigenvalue weighted by atomic mass is 127. The van der Waals surface area contributed by atoms with Crippen molar-refractivity contribution in [1.82, 2.24) is 10.2 Å². The molecular weight excluding hydrogens is 579 g/mol. The molecule has 2 aliphatic carbocycles. The van der Waals surface area contributed by atoms with Crippen molar-refractivity contribution in [3.63, 3.8) is 0 Å². The van der Waals surface area contributed by atoms with Gasteiger partial charge in [-0.15, -0.1) is 0 Å². The van der Waals surface area contributed by atoms with E-state index in [1.54, 1.807) is 23.1 Å². The lowest BCUT2D eigenvalue weighted by Gasteiger charge is -2.44. The first-order valence-electron chi connectivity index (χ1n) is 12.5. The summed E-state index contributed by atoms with van der Waals surface area (Å²) in [6, 6.07) is 2.78. The van der Waals surface area contributed by atoms with E-state index in [0.717, 1.165) is 25.7 Å². The molecule has 2 aliphatic rings. The molecule has 36 heavy (non-hydrogen) atoms. The lowest BCUT2D eigenvalue weighted by molar-refractivity contribution is -0.145. The lowest BCUT2D eigenvalue weighted by atomic mass is 9.86. The van der Waals surface area contributed by atoms with Gasteiger partial charge in [-0.3, -0.25) is 9.59 Å². The zero-order valence-electron chi connectivity index (χ0n) is 21.1. The maximum Gasteiger partial charge on any atom is 0.247 e. The summed E-state index contributed by atoms with van der Waals surface area (Å²) in [5.74, 6) is 0.0954. The van der Waals surface area contributed by atoms with Gasteiger partial charge in [0.25, 0.3) is 0 Å². The molecule has 0 aliphatic heterocycles. The van der Waals surface area contributed by atoms with Gasteiger partial charge in [0.2, 0.25) is 11.8 Å². The average molecular weight is 616 g/mol. The Labute approximate surface area is 226 Å². The van der Waals surface area contributed by atoms with Gasteiger partial charge in [-0.05, 0) is 59.2 Å². The number of carbonyl (C=O) groups excluding carboxylic acids is 2. The summed E-state index contributed by atoms with van der Waals surface area (Å²) in [6.45, 7) is 3.42. The van der Waals surface area contributed by atoms with Gasteiger partial charge in [-0.1, -0.05) is 26.7 Å². The number of aliphatic hydroxyl groups is 3. The zero-order chi connectivity index (χ0) is 26.4. The number of methoxy groups -OCH3 is 1. The minimum Gasteiger partial charge on any atom is -0.493 e. The molecule has 200 valence electrons. The van der Waals surface area contributed by atoms with E-state index < -0.39 is 18.2 Å². The van der Waals surface area contributed by atoms with E-state index in [0.29, 0.717) is 26.2 Å². The van der Waals surface area contributed by atoms with Crippen LogP contribution in [0.3, 0.4) is 0 Å². The van der Waals surface area contributed by atoms with Crippen LogP contribution in [-0.2, 0) is 16.2 Å². The van der Waals surface area contributed by atoms with E-state index in [1.165, 1.54) is 7.11 Å². The van der Waals surface area contributed by atoms with E-state index in [2.05, 4.69) is 27.9 Å². The highest BCUT2D eigenvalue weighted by Gasteiger charge is 2.44. The van der Waals surface area contributed by atoms with Crippen molar-refractivity contribution in [3.8, 4) is 11.5 Å². The normalized spacial score (nSPS) is 22.3. The fourth-order valence-corrected chi connectivity index (χ4v) is 5.75. The predicted octanol–water partition coefficient (Wildman–Crippen LogP) is 2.13. The van der Waals surface area contributed by atoms with Crippen molar-refractivity contribution in [2.75, 3.05) is 20.3 Å². The molecule has 0 spiro atoms. The van der Waals surface area contributed by atoms with Gasteiger partial charge in [0.15, 0.2) is 11.5 Å². The van der Waals surface area contributed by atoms with E-state index in [-0.39, 0.29) is 50.0 Å². The van der Waals surface area contributed by atoms with Crippen LogP contribution in [0, 0.1) is 9.49 Å². The van der Waals surface area contributed by atoms with Crippen LogP contribution in [-0.4, -0.2) is 76.6 Å². The Morgan fingerprint density at radius 2 is 1.92 bits per heavy atom. The zero-order valence-corrected chi connectivity index (χ0v) is 23.2. The maximum absolute atomic E-state index is 13.4. The molecule has 10 heteroatoms. The van der Waals surface area contributed by atoms with E-state index >= 15 is 0 Å². The monoisotopic (exact) mass is 616 g/mol. The fourth-order valence-electron chi connectivity index (χ4n) is 4.96. The molecule has 0 unspecified atom stereocenters. The number of amides is 2. The fraction of sp³-hybridized carbons (Fsp3) is 0.615. The first kappa shape index (κ1) is 28.7. The second-order valence-electron chi connectivity index (χ2n) is 9.62. The Balaban J connectivity index is 2.02. The van der Waals surface area contributed by atoms with Gasteiger partial charge < -0.3 is 35.0 Å². The Bertz CT molecular complexity index is 962. The van der Waals surface area contributed by atoms with Crippen molar-refractivity contribution in [3.05, 3.63) is 32.9 Å². The van der Waals surface area contributed by atoms with E-state index in [9.17, 15) is 19.8 Å². The number of aliphatic hydroxyl groups excluding tert-OH is 3. The SMILES string of the molecule is COc1cc(CO)cc(I)c1O[C@H]1C=C(C(=O)NCCO)C[C@@H](N(C(=O)C(C)C)C2CCCC2)[C@@H]1O. The number of hydrogen-bond donors (Lipinski definition) is 4. The Morgan fingerprint density at radius 1 is 1.22 bits per heavy atom. The molecule has 1 saturated carbocycles. The highest BCUT2D eigenvalue weighted by Crippen LogP contribution is 2.38. The third-order valence-electron chi connectivity index (χ3n) is 6.76. The minimum atomic E-state index is -1.08. The third-order valence-corrected chi connectivity index (χ3v) is 7.57. The quantitative estimate of drug-likeness (QED) is 0.297. The number of carbonyl (C=O) groups is 2. The van der Waals surface area contributed by atoms with Crippen molar-refractivity contribution in [2.24, 2.45) is 5.92 Å². The highest BCUT2D eigenvalue weighted by molar-refractivity contribution is 14.1.